The summed E-state index contributed by atoms with van der Waals surface area (Å²) >= 11 is 3.51. The van der Waals surface area contributed by atoms with Gasteiger partial charge in [-0.3, -0.25) is 4.79 Å². The van der Waals surface area contributed by atoms with Crippen LogP contribution in [0.4, 0.5) is 0 Å². The van der Waals surface area contributed by atoms with Crippen LogP contribution >= 0.6 is 23.1 Å². The maximum Gasteiger partial charge on any atom is 0.251 e. The van der Waals surface area contributed by atoms with Gasteiger partial charge in [-0.05, 0) is 49.1 Å². The largest absolute Gasteiger partial charge is 0.348 e. The number of benzene rings is 1. The van der Waals surface area contributed by atoms with Crippen LogP contribution in [0.1, 0.15) is 29.6 Å². The first-order valence-corrected chi connectivity index (χ1v) is 9.41. The summed E-state index contributed by atoms with van der Waals surface area (Å²) in [6.45, 7) is 0. The number of rotatable bonds is 3. The number of amides is 1. The fourth-order valence-electron chi connectivity index (χ4n) is 3.48. The molecule has 3 nitrogen and oxygen atoms in total. The molecule has 2 N–H and O–H groups in total. The van der Waals surface area contributed by atoms with Crippen molar-refractivity contribution in [2.75, 3.05) is 6.26 Å². The SMILES string of the molecule is CSc1cc2ccc(C(=O)N[C@@H]3C[C@H]4CC[C@@H]3N4)cc2s1. The molecule has 1 aromatic carbocycles. The lowest BCUT2D eigenvalue weighted by atomic mass is 9.95. The minimum Gasteiger partial charge on any atom is -0.348 e. The molecular weight excluding hydrogens is 300 g/mol. The van der Waals surface area contributed by atoms with Crippen LogP contribution in [-0.2, 0) is 0 Å². The van der Waals surface area contributed by atoms with E-state index in [0.29, 0.717) is 18.1 Å². The smallest absolute Gasteiger partial charge is 0.251 e. The predicted molar refractivity (Wildman–Crippen MR) is 89.4 cm³/mol. The van der Waals surface area contributed by atoms with E-state index in [0.717, 1.165) is 12.0 Å². The van der Waals surface area contributed by atoms with Crippen molar-refractivity contribution in [3.8, 4) is 0 Å². The molecule has 0 aliphatic carbocycles. The van der Waals surface area contributed by atoms with E-state index in [4.69, 9.17) is 0 Å². The second-order valence-electron chi connectivity index (χ2n) is 5.89. The van der Waals surface area contributed by atoms with Crippen molar-refractivity contribution < 1.29 is 4.79 Å². The van der Waals surface area contributed by atoms with Gasteiger partial charge in [-0.15, -0.1) is 23.1 Å². The third-order valence-corrected chi connectivity index (χ3v) is 6.74. The Morgan fingerprint density at radius 1 is 1.38 bits per heavy atom. The van der Waals surface area contributed by atoms with Crippen LogP contribution in [0.15, 0.2) is 28.5 Å². The molecule has 0 unspecified atom stereocenters. The van der Waals surface area contributed by atoms with E-state index in [1.54, 1.807) is 23.1 Å². The Morgan fingerprint density at radius 3 is 3.00 bits per heavy atom. The van der Waals surface area contributed by atoms with Crippen LogP contribution in [0.5, 0.6) is 0 Å². The van der Waals surface area contributed by atoms with Gasteiger partial charge in [-0.25, -0.2) is 0 Å². The molecule has 0 spiro atoms. The molecule has 110 valence electrons. The number of thiophene rings is 1. The molecule has 0 radical (unpaired) electrons. The second-order valence-corrected chi connectivity index (χ2v) is 8.08. The highest BCUT2D eigenvalue weighted by Crippen LogP contribution is 2.32. The maximum absolute atomic E-state index is 12.5. The normalized spacial score (nSPS) is 27.4. The predicted octanol–water partition coefficient (Wildman–Crippen LogP) is 3.25. The van der Waals surface area contributed by atoms with Crippen LogP contribution < -0.4 is 10.6 Å². The molecule has 21 heavy (non-hydrogen) atoms. The summed E-state index contributed by atoms with van der Waals surface area (Å²) in [5, 5.41) is 7.99. The van der Waals surface area contributed by atoms with E-state index < -0.39 is 0 Å². The monoisotopic (exact) mass is 318 g/mol. The lowest BCUT2D eigenvalue weighted by molar-refractivity contribution is 0.0931. The number of hydrogen-bond acceptors (Lipinski definition) is 4. The van der Waals surface area contributed by atoms with Crippen molar-refractivity contribution in [3.05, 3.63) is 29.8 Å². The van der Waals surface area contributed by atoms with Gasteiger partial charge in [-0.1, -0.05) is 6.07 Å². The highest BCUT2D eigenvalue weighted by Gasteiger charge is 2.39. The van der Waals surface area contributed by atoms with E-state index in [1.165, 1.54) is 27.1 Å². The lowest BCUT2D eigenvalue weighted by Crippen LogP contribution is -2.42. The summed E-state index contributed by atoms with van der Waals surface area (Å²) in [4.78, 5) is 12.5. The zero-order chi connectivity index (χ0) is 14.4. The standard InChI is InChI=1S/C16H18N2OS2/c1-20-15-7-9-2-3-10(6-14(9)21-15)16(19)18-13-8-11-4-5-12(13)17-11/h2-3,6-7,11-13,17H,4-5,8H2,1H3,(H,18,19)/t11-,12+,13-/m1/s1. The Hall–Kier alpha value is -1.04. The van der Waals surface area contributed by atoms with E-state index >= 15 is 0 Å². The molecule has 2 fully saturated rings. The molecule has 2 aliphatic rings. The van der Waals surface area contributed by atoms with Crippen molar-refractivity contribution in [2.24, 2.45) is 0 Å². The summed E-state index contributed by atoms with van der Waals surface area (Å²) in [6.07, 6.45) is 5.61. The van der Waals surface area contributed by atoms with E-state index in [1.807, 2.05) is 12.1 Å². The minimum atomic E-state index is 0.0651. The molecule has 3 atom stereocenters. The first kappa shape index (κ1) is 13.6. The Bertz CT molecular complexity index is 697. The molecule has 1 amide bonds. The van der Waals surface area contributed by atoms with Gasteiger partial charge >= 0.3 is 0 Å². The summed E-state index contributed by atoms with van der Waals surface area (Å²) in [5.74, 6) is 0.0651. The Balaban J connectivity index is 1.53. The van der Waals surface area contributed by atoms with Crippen molar-refractivity contribution in [1.82, 2.24) is 10.6 Å². The number of fused-ring (bicyclic) bond motifs is 3. The molecule has 2 saturated heterocycles. The zero-order valence-corrected chi connectivity index (χ0v) is 13.5. The van der Waals surface area contributed by atoms with Crippen molar-refractivity contribution >= 4 is 39.1 Å². The summed E-state index contributed by atoms with van der Waals surface area (Å²) < 4.78 is 2.48. The van der Waals surface area contributed by atoms with Gasteiger partial charge in [-0.2, -0.15) is 0 Å². The molecule has 2 bridgehead atoms. The van der Waals surface area contributed by atoms with Crippen molar-refractivity contribution in [3.63, 3.8) is 0 Å². The van der Waals surface area contributed by atoms with Crippen LogP contribution in [0, 0.1) is 0 Å². The van der Waals surface area contributed by atoms with Gasteiger partial charge in [0.25, 0.3) is 5.91 Å². The number of thioether (sulfide) groups is 1. The van der Waals surface area contributed by atoms with Gasteiger partial charge in [0, 0.05) is 28.4 Å². The van der Waals surface area contributed by atoms with Crippen molar-refractivity contribution in [2.45, 2.75) is 41.6 Å². The first-order valence-electron chi connectivity index (χ1n) is 7.37. The molecular formula is C16H18N2OS2. The van der Waals surface area contributed by atoms with E-state index in [-0.39, 0.29) is 5.91 Å². The van der Waals surface area contributed by atoms with Crippen molar-refractivity contribution in [1.29, 1.82) is 0 Å². The van der Waals surface area contributed by atoms with Crippen LogP contribution in [0.25, 0.3) is 10.1 Å². The molecule has 2 aliphatic heterocycles. The lowest BCUT2D eigenvalue weighted by Gasteiger charge is -2.21. The Morgan fingerprint density at radius 2 is 2.29 bits per heavy atom. The molecule has 5 heteroatoms. The van der Waals surface area contributed by atoms with E-state index in [9.17, 15) is 4.79 Å². The topological polar surface area (TPSA) is 41.1 Å². The van der Waals surface area contributed by atoms with Gasteiger partial charge in [0.1, 0.15) is 0 Å². The number of carbonyl (C=O) groups is 1. The maximum atomic E-state index is 12.5. The zero-order valence-electron chi connectivity index (χ0n) is 11.9. The Labute approximate surface area is 132 Å². The molecule has 0 saturated carbocycles. The van der Waals surface area contributed by atoms with Crippen LogP contribution in [0.3, 0.4) is 0 Å². The van der Waals surface area contributed by atoms with Gasteiger partial charge in [0.05, 0.1) is 4.21 Å². The third kappa shape index (κ3) is 2.47. The summed E-state index contributed by atoms with van der Waals surface area (Å²) in [6, 6.07) is 9.60. The third-order valence-electron chi connectivity index (χ3n) is 4.58. The average Bonchev–Trinajstić information content (AvgIpc) is 3.20. The second kappa shape index (κ2) is 5.30. The highest BCUT2D eigenvalue weighted by molar-refractivity contribution is 8.00. The molecule has 3 heterocycles. The fourth-order valence-corrected chi connectivity index (χ4v) is 5.16. The van der Waals surface area contributed by atoms with Crippen LogP contribution in [0.2, 0.25) is 0 Å². The summed E-state index contributed by atoms with van der Waals surface area (Å²) in [5.41, 5.74) is 0.778. The van der Waals surface area contributed by atoms with Gasteiger partial charge < -0.3 is 10.6 Å². The molecule has 2 aromatic rings. The number of hydrogen-bond donors (Lipinski definition) is 2. The highest BCUT2D eigenvalue weighted by atomic mass is 32.2. The molecule has 1 aromatic heterocycles. The van der Waals surface area contributed by atoms with E-state index in [2.05, 4.69) is 29.0 Å². The molecule has 4 rings (SSSR count). The first-order chi connectivity index (χ1) is 10.2. The number of carbonyl (C=O) groups excluding carboxylic acids is 1. The minimum absolute atomic E-state index is 0.0651. The van der Waals surface area contributed by atoms with Gasteiger partial charge in [0.15, 0.2) is 0 Å². The van der Waals surface area contributed by atoms with Gasteiger partial charge in [0.2, 0.25) is 0 Å². The number of nitrogens with one attached hydrogen (secondary N) is 2. The quantitative estimate of drug-likeness (QED) is 0.854. The van der Waals surface area contributed by atoms with Crippen LogP contribution in [-0.4, -0.2) is 30.3 Å². The Kier molecular flexibility index (Phi) is 3.44. The average molecular weight is 318 g/mol. The summed E-state index contributed by atoms with van der Waals surface area (Å²) in [7, 11) is 0. The fraction of sp³-hybridized carbons (Fsp3) is 0.438.